The van der Waals surface area contributed by atoms with Crippen LogP contribution in [0.4, 0.5) is 0 Å². The van der Waals surface area contributed by atoms with E-state index in [1.165, 1.54) is 13.8 Å². The SMILES string of the molecule is CC(=O)O[C@]1(C(C)=O)CC[C@H]2[C@@H]3C=CC4=CC(=O)[C@@H]5C[C@@H]5[C@]4(C)[C@H]3C[C@H](Cl)[C@@]21C. The highest BCUT2D eigenvalue weighted by Crippen LogP contribution is 2.71. The van der Waals surface area contributed by atoms with Crippen LogP contribution in [-0.2, 0) is 19.1 Å². The predicted octanol–water partition coefficient (Wildman–Crippen LogP) is 4.26. The Kier molecular flexibility index (Phi) is 3.93. The van der Waals surface area contributed by atoms with Crippen molar-refractivity contribution >= 4 is 29.1 Å². The van der Waals surface area contributed by atoms with Gasteiger partial charge in [0.15, 0.2) is 17.2 Å². The average Bonchev–Trinajstić information content (AvgIpc) is 3.39. The number of hydrogen-bond acceptors (Lipinski definition) is 4. The van der Waals surface area contributed by atoms with Crippen LogP contribution in [-0.4, -0.2) is 28.5 Å². The first-order valence-corrected chi connectivity index (χ1v) is 11.3. The Labute approximate surface area is 177 Å². The predicted molar refractivity (Wildman–Crippen MR) is 109 cm³/mol. The summed E-state index contributed by atoms with van der Waals surface area (Å²) in [7, 11) is 0. The molecule has 0 spiro atoms. The zero-order valence-electron chi connectivity index (χ0n) is 17.5. The van der Waals surface area contributed by atoms with Crippen molar-refractivity contribution < 1.29 is 19.1 Å². The van der Waals surface area contributed by atoms with Crippen LogP contribution in [0.15, 0.2) is 23.8 Å². The molecule has 5 heteroatoms. The minimum Gasteiger partial charge on any atom is -0.451 e. The molecule has 0 amide bonds. The number of fused-ring (bicyclic) bond motifs is 7. The Morgan fingerprint density at radius 2 is 1.86 bits per heavy atom. The van der Waals surface area contributed by atoms with Gasteiger partial charge in [-0.15, -0.1) is 11.6 Å². The summed E-state index contributed by atoms with van der Waals surface area (Å²) in [6, 6.07) is 0. The summed E-state index contributed by atoms with van der Waals surface area (Å²) < 4.78 is 5.81. The first-order chi connectivity index (χ1) is 13.6. The third-order valence-corrected chi connectivity index (χ3v) is 10.1. The number of esters is 1. The first kappa shape index (κ1) is 19.5. The largest absolute Gasteiger partial charge is 0.451 e. The van der Waals surface area contributed by atoms with E-state index in [-0.39, 0.29) is 40.1 Å². The second kappa shape index (κ2) is 5.84. The summed E-state index contributed by atoms with van der Waals surface area (Å²) in [6.07, 6.45) is 9.38. The molecule has 5 aliphatic carbocycles. The summed E-state index contributed by atoms with van der Waals surface area (Å²) in [5.74, 6) is 1.16. The van der Waals surface area contributed by atoms with Gasteiger partial charge in [-0.2, -0.15) is 0 Å². The van der Waals surface area contributed by atoms with Gasteiger partial charge in [0.05, 0.1) is 0 Å². The molecule has 0 heterocycles. The van der Waals surface area contributed by atoms with E-state index in [1.54, 1.807) is 0 Å². The number of rotatable bonds is 2. The van der Waals surface area contributed by atoms with Crippen molar-refractivity contribution in [3.8, 4) is 0 Å². The smallest absolute Gasteiger partial charge is 0.303 e. The van der Waals surface area contributed by atoms with E-state index >= 15 is 0 Å². The number of carbonyl (C=O) groups is 3. The lowest BCUT2D eigenvalue weighted by Crippen LogP contribution is -2.62. The van der Waals surface area contributed by atoms with Crippen molar-refractivity contribution in [2.75, 3.05) is 0 Å². The number of ketones is 2. The minimum absolute atomic E-state index is 0.0324. The normalized spacial score (nSPS) is 51.9. The van der Waals surface area contributed by atoms with Crippen LogP contribution in [0.25, 0.3) is 0 Å². The molecule has 3 fully saturated rings. The third kappa shape index (κ3) is 2.19. The van der Waals surface area contributed by atoms with Crippen molar-refractivity contribution in [3.63, 3.8) is 0 Å². The van der Waals surface area contributed by atoms with E-state index in [0.29, 0.717) is 18.3 Å². The molecule has 9 atom stereocenters. The molecular weight excluding hydrogens is 388 g/mol. The quantitative estimate of drug-likeness (QED) is 0.498. The topological polar surface area (TPSA) is 60.4 Å². The van der Waals surface area contributed by atoms with E-state index in [1.807, 2.05) is 6.08 Å². The molecule has 0 saturated heterocycles. The lowest BCUT2D eigenvalue weighted by Gasteiger charge is -2.59. The fourth-order valence-corrected chi connectivity index (χ4v) is 8.42. The summed E-state index contributed by atoms with van der Waals surface area (Å²) in [5, 5.41) is -0.265. The van der Waals surface area contributed by atoms with Gasteiger partial charge in [-0.25, -0.2) is 0 Å². The number of Topliss-reactive ketones (excluding diaryl/α,β-unsaturated/α-hetero) is 1. The Bertz CT molecular complexity index is 889. The molecule has 4 nitrogen and oxygen atoms in total. The van der Waals surface area contributed by atoms with Crippen LogP contribution >= 0.6 is 11.6 Å². The molecular formula is C24H29ClO4. The third-order valence-electron chi connectivity index (χ3n) is 9.49. The van der Waals surface area contributed by atoms with Crippen molar-refractivity contribution in [3.05, 3.63) is 23.8 Å². The molecule has 0 aromatic carbocycles. The lowest BCUT2D eigenvalue weighted by atomic mass is 9.47. The van der Waals surface area contributed by atoms with Gasteiger partial charge in [0, 0.05) is 23.6 Å². The molecule has 0 radical (unpaired) electrons. The molecule has 0 N–H and O–H groups in total. The maximum absolute atomic E-state index is 12.9. The van der Waals surface area contributed by atoms with E-state index < -0.39 is 17.0 Å². The Morgan fingerprint density at radius 3 is 2.52 bits per heavy atom. The first-order valence-electron chi connectivity index (χ1n) is 10.9. The summed E-state index contributed by atoms with van der Waals surface area (Å²) >= 11 is 7.12. The van der Waals surface area contributed by atoms with Gasteiger partial charge in [0.1, 0.15) is 0 Å². The van der Waals surface area contributed by atoms with Gasteiger partial charge in [0.25, 0.3) is 0 Å². The standard InChI is InChI=1S/C24H29ClO4/c1-12(26)24(29-13(2)27)8-7-17-15-6-5-14-9-20(28)16-10-18(16)22(14,3)19(15)11-21(25)23(17,24)4/h5-6,9,15-19,21H,7-8,10-11H2,1-4H3/t15-,16+,17-,18-,19-,21-,22+,23+,24-/m0/s1. The van der Waals surface area contributed by atoms with Crippen LogP contribution in [0.5, 0.6) is 0 Å². The maximum atomic E-state index is 12.9. The van der Waals surface area contributed by atoms with Crippen LogP contribution in [0.2, 0.25) is 0 Å². The molecule has 0 aromatic heterocycles. The van der Waals surface area contributed by atoms with Gasteiger partial charge in [-0.05, 0) is 73.3 Å². The highest BCUT2D eigenvalue weighted by molar-refractivity contribution is 6.21. The zero-order chi connectivity index (χ0) is 20.9. The lowest BCUT2D eigenvalue weighted by molar-refractivity contribution is -0.184. The summed E-state index contributed by atoms with van der Waals surface area (Å²) in [4.78, 5) is 37.1. The van der Waals surface area contributed by atoms with Crippen molar-refractivity contribution in [1.29, 1.82) is 0 Å². The number of ether oxygens (including phenoxy) is 1. The zero-order valence-corrected chi connectivity index (χ0v) is 18.3. The van der Waals surface area contributed by atoms with Crippen LogP contribution in [0.3, 0.4) is 0 Å². The molecule has 0 aromatic rings. The number of allylic oxidation sites excluding steroid dienone is 4. The second-order valence-electron chi connectivity index (χ2n) is 10.4. The van der Waals surface area contributed by atoms with Gasteiger partial charge in [-0.3, -0.25) is 14.4 Å². The Hall–Kier alpha value is -1.42. The molecule has 0 unspecified atom stereocenters. The van der Waals surface area contributed by atoms with Gasteiger partial charge >= 0.3 is 5.97 Å². The highest BCUT2D eigenvalue weighted by Gasteiger charge is 2.72. The fourth-order valence-electron chi connectivity index (χ4n) is 7.89. The fraction of sp³-hybridized carbons (Fsp3) is 0.708. The van der Waals surface area contributed by atoms with Gasteiger partial charge in [0.2, 0.25) is 0 Å². The van der Waals surface area contributed by atoms with Crippen molar-refractivity contribution in [2.45, 2.75) is 64.4 Å². The van der Waals surface area contributed by atoms with E-state index in [2.05, 4.69) is 26.0 Å². The average molecular weight is 417 g/mol. The molecule has 5 aliphatic rings. The molecule has 3 saturated carbocycles. The Balaban J connectivity index is 1.60. The molecule has 0 aliphatic heterocycles. The summed E-state index contributed by atoms with van der Waals surface area (Å²) in [5.41, 5.74) is -0.611. The second-order valence-corrected chi connectivity index (χ2v) is 10.9. The van der Waals surface area contributed by atoms with E-state index in [9.17, 15) is 14.4 Å². The van der Waals surface area contributed by atoms with Crippen LogP contribution in [0.1, 0.15) is 53.4 Å². The van der Waals surface area contributed by atoms with Crippen LogP contribution in [0, 0.1) is 40.4 Å². The van der Waals surface area contributed by atoms with E-state index in [4.69, 9.17) is 16.3 Å². The monoisotopic (exact) mass is 416 g/mol. The molecule has 156 valence electrons. The minimum atomic E-state index is -1.14. The van der Waals surface area contributed by atoms with Gasteiger partial charge in [-0.1, -0.05) is 26.0 Å². The number of alkyl halides is 1. The molecule has 5 rings (SSSR count). The Morgan fingerprint density at radius 1 is 1.14 bits per heavy atom. The molecule has 0 bridgehead atoms. The van der Waals surface area contributed by atoms with Crippen molar-refractivity contribution in [1.82, 2.24) is 0 Å². The van der Waals surface area contributed by atoms with Crippen LogP contribution < -0.4 is 0 Å². The summed E-state index contributed by atoms with van der Waals surface area (Å²) in [6.45, 7) is 7.30. The van der Waals surface area contributed by atoms with Crippen molar-refractivity contribution in [2.24, 2.45) is 40.4 Å². The highest BCUT2D eigenvalue weighted by atomic mass is 35.5. The number of carbonyl (C=O) groups excluding carboxylic acids is 3. The maximum Gasteiger partial charge on any atom is 0.303 e. The number of hydrogen-bond donors (Lipinski definition) is 0. The molecule has 29 heavy (non-hydrogen) atoms. The number of halogens is 1. The van der Waals surface area contributed by atoms with E-state index in [0.717, 1.165) is 24.8 Å². The van der Waals surface area contributed by atoms with Gasteiger partial charge < -0.3 is 4.74 Å².